The third kappa shape index (κ3) is 2.61. The number of rotatable bonds is 4. The van der Waals surface area contributed by atoms with Gasteiger partial charge in [0.05, 0.1) is 12.5 Å². The van der Waals surface area contributed by atoms with Gasteiger partial charge in [0.1, 0.15) is 12.2 Å². The molecule has 0 saturated carbocycles. The van der Waals surface area contributed by atoms with Crippen molar-refractivity contribution in [3.63, 3.8) is 0 Å². The number of carbonyl (C=O) groups is 1. The molecule has 1 aromatic heterocycles. The Bertz CT molecular complexity index is 653. The summed E-state index contributed by atoms with van der Waals surface area (Å²) in [6.07, 6.45) is 2.13. The molecule has 0 radical (unpaired) electrons. The molecule has 1 N–H and O–H groups in total. The molecule has 21 heavy (non-hydrogen) atoms. The molecule has 110 valence electrons. The van der Waals surface area contributed by atoms with E-state index < -0.39 is 5.97 Å². The Morgan fingerprint density at radius 3 is 3.00 bits per heavy atom. The molecule has 1 unspecified atom stereocenters. The second kappa shape index (κ2) is 5.55. The molecule has 0 spiro atoms. The number of hydrogen-bond acceptors (Lipinski definition) is 4. The van der Waals surface area contributed by atoms with Crippen molar-refractivity contribution in [3.05, 3.63) is 42.0 Å². The van der Waals surface area contributed by atoms with Crippen LogP contribution in [0.3, 0.4) is 0 Å². The number of anilines is 1. The van der Waals surface area contributed by atoms with Crippen molar-refractivity contribution in [2.75, 3.05) is 11.4 Å². The van der Waals surface area contributed by atoms with Crippen LogP contribution in [0.25, 0.3) is 0 Å². The Hall–Kier alpha value is -2.37. The van der Waals surface area contributed by atoms with Crippen LogP contribution in [0.5, 0.6) is 0 Å². The lowest BCUT2D eigenvalue weighted by Crippen LogP contribution is -2.39. The van der Waals surface area contributed by atoms with Gasteiger partial charge in [-0.15, -0.1) is 0 Å². The number of nitrogens with zero attached hydrogens (tertiary/aromatic N) is 4. The highest BCUT2D eigenvalue weighted by Gasteiger charge is 2.29. The Morgan fingerprint density at radius 2 is 2.24 bits per heavy atom. The van der Waals surface area contributed by atoms with Crippen LogP contribution in [0.15, 0.2) is 30.6 Å². The predicted octanol–water partition coefficient (Wildman–Crippen LogP) is 1.56. The van der Waals surface area contributed by atoms with Crippen molar-refractivity contribution < 1.29 is 9.90 Å². The van der Waals surface area contributed by atoms with E-state index in [0.717, 1.165) is 23.6 Å². The molecule has 3 rings (SSSR count). The Balaban J connectivity index is 1.91. The molecule has 0 saturated heterocycles. The molecule has 0 bridgehead atoms. The number of aliphatic carboxylic acids is 1. The van der Waals surface area contributed by atoms with Crippen LogP contribution in [-0.2, 0) is 24.3 Å². The summed E-state index contributed by atoms with van der Waals surface area (Å²) in [6, 6.07) is 7.98. The van der Waals surface area contributed by atoms with E-state index in [1.54, 1.807) is 6.33 Å². The number of carboxylic acid groups (broad SMARTS) is 1. The SMILES string of the molecule is CCn1ncnc1CN1CC(C(=O)O)Cc2ccccc21. The van der Waals surface area contributed by atoms with Crippen LogP contribution in [-0.4, -0.2) is 32.4 Å². The van der Waals surface area contributed by atoms with Gasteiger partial charge in [0.25, 0.3) is 0 Å². The van der Waals surface area contributed by atoms with Crippen LogP contribution >= 0.6 is 0 Å². The highest BCUT2D eigenvalue weighted by molar-refractivity contribution is 5.73. The van der Waals surface area contributed by atoms with Crippen molar-refractivity contribution in [3.8, 4) is 0 Å². The maximum Gasteiger partial charge on any atom is 0.308 e. The Morgan fingerprint density at radius 1 is 1.43 bits per heavy atom. The minimum Gasteiger partial charge on any atom is -0.481 e. The van der Waals surface area contributed by atoms with E-state index in [0.29, 0.717) is 19.5 Å². The van der Waals surface area contributed by atoms with Crippen LogP contribution in [0.2, 0.25) is 0 Å². The summed E-state index contributed by atoms with van der Waals surface area (Å²) in [5.41, 5.74) is 2.18. The lowest BCUT2D eigenvalue weighted by atomic mass is 9.92. The first-order chi connectivity index (χ1) is 10.2. The van der Waals surface area contributed by atoms with Gasteiger partial charge < -0.3 is 10.0 Å². The van der Waals surface area contributed by atoms with Gasteiger partial charge in [0, 0.05) is 18.8 Å². The van der Waals surface area contributed by atoms with Gasteiger partial charge in [-0.3, -0.25) is 4.79 Å². The topological polar surface area (TPSA) is 71.2 Å². The largest absolute Gasteiger partial charge is 0.481 e. The van der Waals surface area contributed by atoms with Gasteiger partial charge in [-0.2, -0.15) is 5.10 Å². The minimum atomic E-state index is -0.744. The van der Waals surface area contributed by atoms with E-state index in [1.807, 2.05) is 35.9 Å². The molecule has 2 aromatic rings. The summed E-state index contributed by atoms with van der Waals surface area (Å²) in [7, 11) is 0. The number of carboxylic acids is 1. The van der Waals surface area contributed by atoms with Gasteiger partial charge in [0.2, 0.25) is 0 Å². The van der Waals surface area contributed by atoms with E-state index in [1.165, 1.54) is 0 Å². The zero-order valence-corrected chi connectivity index (χ0v) is 11.9. The average molecular weight is 286 g/mol. The summed E-state index contributed by atoms with van der Waals surface area (Å²) in [5.74, 6) is -0.261. The molecule has 0 aliphatic carbocycles. The number of aromatic nitrogens is 3. The standard InChI is InChI=1S/C15H18N4O2/c1-2-19-14(16-10-17-19)9-18-8-12(15(20)21)7-11-5-3-4-6-13(11)18/h3-6,10,12H,2,7-9H2,1H3,(H,20,21). The zero-order valence-electron chi connectivity index (χ0n) is 11.9. The molecule has 1 atom stereocenters. The normalized spacial score (nSPS) is 17.6. The third-order valence-corrected chi connectivity index (χ3v) is 3.92. The van der Waals surface area contributed by atoms with E-state index in [9.17, 15) is 9.90 Å². The summed E-state index contributed by atoms with van der Waals surface area (Å²) in [4.78, 5) is 17.8. The summed E-state index contributed by atoms with van der Waals surface area (Å²) < 4.78 is 1.84. The molecular formula is C15H18N4O2. The fraction of sp³-hybridized carbons (Fsp3) is 0.400. The highest BCUT2D eigenvalue weighted by Crippen LogP contribution is 2.30. The average Bonchev–Trinajstić information content (AvgIpc) is 2.94. The van der Waals surface area contributed by atoms with Gasteiger partial charge in [0.15, 0.2) is 0 Å². The van der Waals surface area contributed by atoms with Crippen LogP contribution in [0.1, 0.15) is 18.3 Å². The molecule has 6 nitrogen and oxygen atoms in total. The van der Waals surface area contributed by atoms with Crippen molar-refractivity contribution in [2.45, 2.75) is 26.4 Å². The Kier molecular flexibility index (Phi) is 3.60. The van der Waals surface area contributed by atoms with E-state index in [4.69, 9.17) is 0 Å². The first-order valence-corrected chi connectivity index (χ1v) is 7.11. The van der Waals surface area contributed by atoms with E-state index in [2.05, 4.69) is 15.0 Å². The second-order valence-electron chi connectivity index (χ2n) is 5.24. The number of aryl methyl sites for hydroxylation is 1. The van der Waals surface area contributed by atoms with Crippen LogP contribution in [0, 0.1) is 5.92 Å². The van der Waals surface area contributed by atoms with Crippen LogP contribution in [0.4, 0.5) is 5.69 Å². The van der Waals surface area contributed by atoms with Gasteiger partial charge >= 0.3 is 5.97 Å². The molecule has 1 aliphatic heterocycles. The van der Waals surface area contributed by atoms with Crippen molar-refractivity contribution in [2.24, 2.45) is 5.92 Å². The summed E-state index contributed by atoms with van der Waals surface area (Å²) in [5, 5.41) is 13.5. The lowest BCUT2D eigenvalue weighted by Gasteiger charge is -2.34. The molecular weight excluding hydrogens is 268 g/mol. The van der Waals surface area contributed by atoms with Crippen molar-refractivity contribution >= 4 is 11.7 Å². The summed E-state index contributed by atoms with van der Waals surface area (Å²) in [6.45, 7) is 3.85. The number of benzene rings is 1. The maximum absolute atomic E-state index is 11.4. The molecule has 6 heteroatoms. The number of para-hydroxylation sites is 1. The fourth-order valence-electron chi connectivity index (χ4n) is 2.85. The third-order valence-electron chi connectivity index (χ3n) is 3.92. The molecule has 1 aliphatic rings. The maximum atomic E-state index is 11.4. The quantitative estimate of drug-likeness (QED) is 0.923. The Labute approximate surface area is 123 Å². The van der Waals surface area contributed by atoms with E-state index >= 15 is 0 Å². The minimum absolute atomic E-state index is 0.377. The number of hydrogen-bond donors (Lipinski definition) is 1. The zero-order chi connectivity index (χ0) is 14.8. The van der Waals surface area contributed by atoms with Gasteiger partial charge in [-0.05, 0) is 25.0 Å². The van der Waals surface area contributed by atoms with Gasteiger partial charge in [-0.25, -0.2) is 9.67 Å². The fourth-order valence-corrected chi connectivity index (χ4v) is 2.85. The highest BCUT2D eigenvalue weighted by atomic mass is 16.4. The molecule has 1 aromatic carbocycles. The molecule has 0 fully saturated rings. The lowest BCUT2D eigenvalue weighted by molar-refractivity contribution is -0.141. The van der Waals surface area contributed by atoms with Gasteiger partial charge in [-0.1, -0.05) is 18.2 Å². The monoisotopic (exact) mass is 286 g/mol. The first kappa shape index (κ1) is 13.6. The molecule has 2 heterocycles. The van der Waals surface area contributed by atoms with Crippen LogP contribution < -0.4 is 4.90 Å². The van der Waals surface area contributed by atoms with Crippen molar-refractivity contribution in [1.29, 1.82) is 0 Å². The first-order valence-electron chi connectivity index (χ1n) is 7.11. The van der Waals surface area contributed by atoms with Crippen molar-refractivity contribution in [1.82, 2.24) is 14.8 Å². The predicted molar refractivity (Wildman–Crippen MR) is 78.0 cm³/mol. The summed E-state index contributed by atoms with van der Waals surface area (Å²) >= 11 is 0. The second-order valence-corrected chi connectivity index (χ2v) is 5.24. The van der Waals surface area contributed by atoms with E-state index in [-0.39, 0.29) is 5.92 Å². The number of fused-ring (bicyclic) bond motifs is 1. The smallest absolute Gasteiger partial charge is 0.308 e. The molecule has 0 amide bonds.